The maximum Gasteiger partial charge on any atom is 0.273 e. The van der Waals surface area contributed by atoms with Gasteiger partial charge in [0.25, 0.3) is 17.5 Å². The van der Waals surface area contributed by atoms with Gasteiger partial charge in [-0.1, -0.05) is 36.4 Å². The number of hydrogen-bond donors (Lipinski definition) is 2. The van der Waals surface area contributed by atoms with E-state index in [1.807, 2.05) is 30.3 Å². The van der Waals surface area contributed by atoms with Gasteiger partial charge in [-0.3, -0.25) is 30.6 Å². The topological polar surface area (TPSA) is 120 Å². The summed E-state index contributed by atoms with van der Waals surface area (Å²) in [4.78, 5) is 34.9. The highest BCUT2D eigenvalue weighted by molar-refractivity contribution is 6.00. The molecule has 0 saturated heterocycles. The van der Waals surface area contributed by atoms with Crippen LogP contribution in [0.3, 0.4) is 0 Å². The normalized spacial score (nSPS) is 10.1. The van der Waals surface area contributed by atoms with Gasteiger partial charge in [0.05, 0.1) is 10.5 Å². The van der Waals surface area contributed by atoms with Crippen LogP contribution in [0.25, 0.3) is 0 Å². The number of ether oxygens (including phenoxy) is 2. The van der Waals surface area contributed by atoms with E-state index >= 15 is 0 Å². The van der Waals surface area contributed by atoms with Crippen molar-refractivity contribution in [1.82, 2.24) is 10.9 Å². The zero-order valence-corrected chi connectivity index (χ0v) is 16.3. The van der Waals surface area contributed by atoms with Gasteiger partial charge in [0.2, 0.25) is 0 Å². The Morgan fingerprint density at radius 3 is 2.26 bits per heavy atom. The molecule has 0 saturated carbocycles. The van der Waals surface area contributed by atoms with E-state index in [0.717, 1.165) is 6.07 Å². The number of benzene rings is 3. The molecule has 2 N–H and O–H groups in total. The number of nitro groups is 1. The van der Waals surface area contributed by atoms with Gasteiger partial charge in [0.1, 0.15) is 24.7 Å². The van der Waals surface area contributed by atoms with Crippen LogP contribution in [0.4, 0.5) is 5.69 Å². The maximum atomic E-state index is 12.5. The van der Waals surface area contributed by atoms with Gasteiger partial charge in [0.15, 0.2) is 0 Å². The molecule has 0 unspecified atom stereocenters. The molecule has 9 heteroatoms. The predicted molar refractivity (Wildman–Crippen MR) is 112 cm³/mol. The van der Waals surface area contributed by atoms with Gasteiger partial charge < -0.3 is 9.47 Å². The minimum absolute atomic E-state index is 0.0390. The Balaban J connectivity index is 1.55. The smallest absolute Gasteiger partial charge is 0.273 e. The summed E-state index contributed by atoms with van der Waals surface area (Å²) >= 11 is 0. The number of rotatable bonds is 8. The monoisotopic (exact) mass is 421 g/mol. The Kier molecular flexibility index (Phi) is 7.15. The summed E-state index contributed by atoms with van der Waals surface area (Å²) in [5.41, 5.74) is 4.54. The average Bonchev–Trinajstić information content (AvgIpc) is 2.81. The number of hydrogen-bond acceptors (Lipinski definition) is 6. The molecule has 2 amide bonds. The molecule has 0 bridgehead atoms. The third-order valence-electron chi connectivity index (χ3n) is 4.09. The van der Waals surface area contributed by atoms with Crippen molar-refractivity contribution < 1.29 is 24.0 Å². The lowest BCUT2D eigenvalue weighted by atomic mass is 10.2. The molecule has 158 valence electrons. The van der Waals surface area contributed by atoms with Crippen molar-refractivity contribution in [3.63, 3.8) is 0 Å². The largest absolute Gasteiger partial charge is 0.490 e. The number of amides is 2. The van der Waals surface area contributed by atoms with Crippen molar-refractivity contribution in [1.29, 1.82) is 0 Å². The Morgan fingerprint density at radius 2 is 1.48 bits per heavy atom. The zero-order valence-electron chi connectivity index (χ0n) is 16.3. The molecule has 3 rings (SSSR count). The van der Waals surface area contributed by atoms with Crippen LogP contribution in [-0.2, 0) is 0 Å². The molecule has 9 nitrogen and oxygen atoms in total. The van der Waals surface area contributed by atoms with Crippen LogP contribution in [0.2, 0.25) is 0 Å². The van der Waals surface area contributed by atoms with E-state index < -0.39 is 16.7 Å². The van der Waals surface area contributed by atoms with Crippen LogP contribution in [0.1, 0.15) is 20.7 Å². The second kappa shape index (κ2) is 10.4. The Labute approximate surface area is 177 Å². The molecule has 3 aromatic carbocycles. The highest BCUT2D eigenvalue weighted by atomic mass is 16.6. The van der Waals surface area contributed by atoms with E-state index in [-0.39, 0.29) is 30.0 Å². The third kappa shape index (κ3) is 6.04. The van der Waals surface area contributed by atoms with Crippen molar-refractivity contribution in [2.24, 2.45) is 0 Å². The standard InChI is InChI=1S/C22H19N3O6/c26-21(16-7-6-8-17(15-16)25(28)29)23-24-22(27)19-11-4-5-12-20(19)31-14-13-30-18-9-2-1-3-10-18/h1-12,15H,13-14H2,(H,23,26)(H,24,27). The van der Waals surface area contributed by atoms with Crippen LogP contribution >= 0.6 is 0 Å². The summed E-state index contributed by atoms with van der Waals surface area (Å²) in [7, 11) is 0. The number of carbonyl (C=O) groups is 2. The van der Waals surface area contributed by atoms with Gasteiger partial charge in [-0.05, 0) is 30.3 Å². The fraction of sp³-hybridized carbons (Fsp3) is 0.0909. The second-order valence-corrected chi connectivity index (χ2v) is 6.22. The van der Waals surface area contributed by atoms with Crippen molar-refractivity contribution >= 4 is 17.5 Å². The number of hydrazine groups is 1. The van der Waals surface area contributed by atoms with Gasteiger partial charge in [0, 0.05) is 17.7 Å². The maximum absolute atomic E-state index is 12.5. The van der Waals surface area contributed by atoms with E-state index in [4.69, 9.17) is 9.47 Å². The first-order valence-electron chi connectivity index (χ1n) is 9.29. The summed E-state index contributed by atoms with van der Waals surface area (Å²) in [5.74, 6) is -0.257. The third-order valence-corrected chi connectivity index (χ3v) is 4.09. The van der Waals surface area contributed by atoms with Gasteiger partial charge in [-0.15, -0.1) is 0 Å². The van der Waals surface area contributed by atoms with Gasteiger partial charge >= 0.3 is 0 Å². The molecular weight excluding hydrogens is 402 g/mol. The molecular formula is C22H19N3O6. The number of non-ortho nitro benzene ring substituents is 1. The summed E-state index contributed by atoms with van der Waals surface area (Å²) in [5, 5.41) is 10.8. The summed E-state index contributed by atoms with van der Waals surface area (Å²) < 4.78 is 11.2. The number of nitrogens with one attached hydrogen (secondary N) is 2. The van der Waals surface area contributed by atoms with Crippen molar-refractivity contribution in [3.05, 3.63) is 100 Å². The number of nitro benzene ring substituents is 1. The molecule has 0 atom stereocenters. The van der Waals surface area contributed by atoms with Crippen LogP contribution in [0, 0.1) is 10.1 Å². The fourth-order valence-corrected chi connectivity index (χ4v) is 2.62. The average molecular weight is 421 g/mol. The van der Waals surface area contributed by atoms with Crippen LogP contribution in [0.5, 0.6) is 11.5 Å². The molecule has 0 aliphatic carbocycles. The molecule has 0 radical (unpaired) electrons. The van der Waals surface area contributed by atoms with Crippen LogP contribution in [-0.4, -0.2) is 30.0 Å². The molecule has 31 heavy (non-hydrogen) atoms. The van der Waals surface area contributed by atoms with E-state index in [0.29, 0.717) is 11.5 Å². The van der Waals surface area contributed by atoms with E-state index in [9.17, 15) is 19.7 Å². The van der Waals surface area contributed by atoms with Crippen LogP contribution in [0.15, 0.2) is 78.9 Å². The van der Waals surface area contributed by atoms with E-state index in [1.165, 1.54) is 18.2 Å². The molecule has 0 heterocycles. The van der Waals surface area contributed by atoms with Crippen molar-refractivity contribution in [2.75, 3.05) is 13.2 Å². The Bertz CT molecular complexity index is 1070. The lowest BCUT2D eigenvalue weighted by Crippen LogP contribution is -2.41. The van der Waals surface area contributed by atoms with Crippen molar-refractivity contribution in [3.8, 4) is 11.5 Å². The van der Waals surface area contributed by atoms with Gasteiger partial charge in [-0.2, -0.15) is 0 Å². The van der Waals surface area contributed by atoms with Crippen molar-refractivity contribution in [2.45, 2.75) is 0 Å². The number of nitrogens with zero attached hydrogens (tertiary/aromatic N) is 1. The molecule has 0 spiro atoms. The van der Waals surface area contributed by atoms with E-state index in [1.54, 1.807) is 24.3 Å². The number of carbonyl (C=O) groups excluding carboxylic acids is 2. The SMILES string of the molecule is O=C(NNC(=O)c1ccccc1OCCOc1ccccc1)c1cccc([N+](=O)[O-])c1. The summed E-state index contributed by atoms with van der Waals surface area (Å²) in [6, 6.07) is 21.0. The quantitative estimate of drug-likeness (QED) is 0.328. The second-order valence-electron chi connectivity index (χ2n) is 6.22. The number of para-hydroxylation sites is 2. The molecule has 0 aromatic heterocycles. The highest BCUT2D eigenvalue weighted by Gasteiger charge is 2.15. The zero-order chi connectivity index (χ0) is 22.1. The van der Waals surface area contributed by atoms with Gasteiger partial charge in [-0.25, -0.2) is 0 Å². The first kappa shape index (κ1) is 21.3. The highest BCUT2D eigenvalue weighted by Crippen LogP contribution is 2.18. The Hall–Kier alpha value is -4.40. The predicted octanol–water partition coefficient (Wildman–Crippen LogP) is 3.13. The molecule has 3 aromatic rings. The van der Waals surface area contributed by atoms with E-state index in [2.05, 4.69) is 10.9 Å². The van der Waals surface area contributed by atoms with Crippen LogP contribution < -0.4 is 20.3 Å². The first-order valence-corrected chi connectivity index (χ1v) is 9.29. The summed E-state index contributed by atoms with van der Waals surface area (Å²) in [6.07, 6.45) is 0. The minimum Gasteiger partial charge on any atom is -0.490 e. The molecule has 0 fully saturated rings. The fourth-order valence-electron chi connectivity index (χ4n) is 2.62. The lowest BCUT2D eigenvalue weighted by Gasteiger charge is -2.13. The lowest BCUT2D eigenvalue weighted by molar-refractivity contribution is -0.384. The first-order chi connectivity index (χ1) is 15.0. The Morgan fingerprint density at radius 1 is 0.806 bits per heavy atom. The molecule has 0 aliphatic heterocycles. The summed E-state index contributed by atoms with van der Waals surface area (Å²) in [6.45, 7) is 0.489. The minimum atomic E-state index is -0.688. The molecule has 0 aliphatic rings.